The van der Waals surface area contributed by atoms with Crippen molar-refractivity contribution >= 4 is 75.2 Å². The van der Waals surface area contributed by atoms with E-state index >= 15 is 4.79 Å². The number of aromatic nitrogens is 1. The fraction of sp³-hybridized carbons (Fsp3) is 0.361. The van der Waals surface area contributed by atoms with Crippen LogP contribution in [0.15, 0.2) is 60.3 Å². The molecule has 0 unspecified atom stereocenters. The molecule has 3 fully saturated rings. The van der Waals surface area contributed by atoms with Crippen LogP contribution in [0.4, 0.5) is 19.0 Å². The first-order valence-electron chi connectivity index (χ1n) is 16.4. The molecule has 3 heterocycles. The molecule has 2 aliphatic heterocycles. The van der Waals surface area contributed by atoms with E-state index in [0.717, 1.165) is 5.01 Å². The van der Waals surface area contributed by atoms with Crippen molar-refractivity contribution < 1.29 is 42.2 Å². The summed E-state index contributed by atoms with van der Waals surface area (Å²) in [5, 5.41) is 11.5. The van der Waals surface area contributed by atoms with Gasteiger partial charge in [-0.3, -0.25) is 29.5 Å². The molecule has 52 heavy (non-hydrogen) atoms. The Balaban J connectivity index is 1.46. The smallest absolute Gasteiger partial charge is 0.417 e. The van der Waals surface area contributed by atoms with Crippen molar-refractivity contribution in [2.24, 2.45) is 23.7 Å². The lowest BCUT2D eigenvalue weighted by Crippen LogP contribution is -2.53. The minimum absolute atomic E-state index is 0.00561. The normalized spacial score (nSPS) is 27.0. The number of hydrazine groups is 1. The first-order valence-corrected chi connectivity index (χ1v) is 18.2. The van der Waals surface area contributed by atoms with Crippen molar-refractivity contribution in [3.63, 3.8) is 0 Å². The van der Waals surface area contributed by atoms with Crippen LogP contribution in [0.25, 0.3) is 0 Å². The standard InChI is InChI=1S/C36H30Cl2F3IN4O6/c1-3-10-45-31(48)21-9-8-20-22(27(21)33(45)50)14-23-32(49)46(44-30-24(38)13-18(15-43-30)36(39,40)41)34(51)35(23,17-4-6-19(37)7-5-17)28(20)16-11-25(42)29(47)26(12-16)52-2/h4-8,11-13,15,21-23,27-28,47H,3,9-10,14H2,1-2H3,(H,43,44)/t21-,22+,23-,27-,28-,35+/m0/s1. The summed E-state index contributed by atoms with van der Waals surface area (Å²) in [5.41, 5.74) is 1.34. The highest BCUT2D eigenvalue weighted by Gasteiger charge is 2.70. The molecule has 272 valence electrons. The van der Waals surface area contributed by atoms with Crippen molar-refractivity contribution in [3.8, 4) is 11.5 Å². The number of nitrogens with zero attached hydrogens (tertiary/aromatic N) is 3. The number of aromatic hydroxyl groups is 1. The van der Waals surface area contributed by atoms with Crippen molar-refractivity contribution in [1.29, 1.82) is 0 Å². The lowest BCUT2D eigenvalue weighted by atomic mass is 9.49. The average molecular weight is 869 g/mol. The number of carbonyl (C=O) groups excluding carboxylic acids is 4. The Kier molecular flexibility index (Phi) is 9.26. The van der Waals surface area contributed by atoms with Crippen molar-refractivity contribution in [2.45, 2.75) is 43.7 Å². The number of nitrogens with one attached hydrogen (secondary N) is 1. The highest BCUT2D eigenvalue weighted by atomic mass is 127. The third-order valence-corrected chi connectivity index (χ3v) is 12.1. The van der Waals surface area contributed by atoms with E-state index in [1.54, 1.807) is 36.4 Å². The Morgan fingerprint density at radius 1 is 1.06 bits per heavy atom. The van der Waals surface area contributed by atoms with Gasteiger partial charge in [-0.15, -0.1) is 0 Å². The van der Waals surface area contributed by atoms with Crippen molar-refractivity contribution in [3.05, 3.63) is 90.6 Å². The average Bonchev–Trinajstić information content (AvgIpc) is 3.47. The molecule has 4 aliphatic rings. The predicted molar refractivity (Wildman–Crippen MR) is 191 cm³/mol. The predicted octanol–water partition coefficient (Wildman–Crippen LogP) is 7.12. The quantitative estimate of drug-likeness (QED) is 0.146. The van der Waals surface area contributed by atoms with Gasteiger partial charge in [0.1, 0.15) is 0 Å². The molecule has 1 saturated carbocycles. The van der Waals surface area contributed by atoms with Crippen LogP contribution in [0.3, 0.4) is 0 Å². The van der Waals surface area contributed by atoms with Gasteiger partial charge in [-0.1, -0.05) is 53.9 Å². The number of benzene rings is 2. The van der Waals surface area contributed by atoms with Crippen LogP contribution >= 0.6 is 45.8 Å². The minimum Gasteiger partial charge on any atom is -0.504 e. The number of alkyl halides is 3. The van der Waals surface area contributed by atoms with Gasteiger partial charge in [0.2, 0.25) is 11.8 Å². The number of fused-ring (bicyclic) bond motifs is 4. The van der Waals surface area contributed by atoms with Gasteiger partial charge < -0.3 is 9.84 Å². The van der Waals surface area contributed by atoms with Crippen LogP contribution in [0.1, 0.15) is 48.8 Å². The summed E-state index contributed by atoms with van der Waals surface area (Å²) in [6.45, 7) is 2.11. The number of anilines is 1. The third kappa shape index (κ3) is 5.46. The first kappa shape index (κ1) is 36.5. The third-order valence-electron chi connectivity index (χ3n) is 10.7. The highest BCUT2D eigenvalue weighted by molar-refractivity contribution is 14.1. The van der Waals surface area contributed by atoms with E-state index in [1.807, 2.05) is 35.6 Å². The zero-order valence-electron chi connectivity index (χ0n) is 27.5. The topological polar surface area (TPSA) is 129 Å². The molecule has 0 bridgehead atoms. The molecule has 3 aromatic rings. The maximum Gasteiger partial charge on any atom is 0.417 e. The fourth-order valence-corrected chi connectivity index (χ4v) is 9.54. The summed E-state index contributed by atoms with van der Waals surface area (Å²) >= 11 is 14.5. The van der Waals surface area contributed by atoms with E-state index in [1.165, 1.54) is 12.0 Å². The number of ether oxygens (including phenoxy) is 1. The van der Waals surface area contributed by atoms with Gasteiger partial charge in [-0.25, -0.2) is 4.98 Å². The number of imide groups is 2. The fourth-order valence-electron chi connectivity index (χ4n) is 8.58. The van der Waals surface area contributed by atoms with Gasteiger partial charge >= 0.3 is 6.18 Å². The number of allylic oxidation sites excluding steroid dienone is 2. The molecule has 10 nitrogen and oxygen atoms in total. The Morgan fingerprint density at radius 2 is 1.77 bits per heavy atom. The second kappa shape index (κ2) is 13.2. The van der Waals surface area contributed by atoms with Gasteiger partial charge in [0.25, 0.3) is 11.8 Å². The van der Waals surface area contributed by atoms with Gasteiger partial charge in [0, 0.05) is 23.7 Å². The number of methoxy groups -OCH3 is 1. The molecule has 1 aromatic heterocycles. The number of halogens is 6. The number of phenols is 1. The number of phenolic OH excluding ortho intramolecular Hbond substituents is 1. The van der Waals surface area contributed by atoms with E-state index < -0.39 is 63.6 Å². The summed E-state index contributed by atoms with van der Waals surface area (Å²) < 4.78 is 46.2. The molecule has 2 N–H and O–H groups in total. The van der Waals surface area contributed by atoms with Crippen LogP contribution in [-0.4, -0.2) is 57.3 Å². The Bertz CT molecular complexity index is 2060. The van der Waals surface area contributed by atoms with Crippen molar-refractivity contribution in [2.75, 3.05) is 19.1 Å². The SMILES string of the molecule is CCCN1C(=O)[C@H]2[C@H](CC=C3[C@H]2C[C@H]2C(=O)N(Nc4ncc(C(F)(F)F)cc4Cl)C(=O)[C@@]2(c2ccc(Cl)cc2)[C@H]3c2cc(I)c(O)c(OC)c2)C1=O. The van der Waals surface area contributed by atoms with E-state index in [2.05, 4.69) is 10.4 Å². The highest BCUT2D eigenvalue weighted by Crippen LogP contribution is 2.64. The first-order chi connectivity index (χ1) is 24.6. The molecule has 2 aliphatic carbocycles. The van der Waals surface area contributed by atoms with Gasteiger partial charge in [-0.2, -0.15) is 18.2 Å². The second-order valence-electron chi connectivity index (χ2n) is 13.3. The number of amides is 4. The largest absolute Gasteiger partial charge is 0.504 e. The number of hydrogen-bond donors (Lipinski definition) is 2. The van der Waals surface area contributed by atoms with E-state index in [0.29, 0.717) is 44.0 Å². The van der Waals surface area contributed by atoms with Crippen LogP contribution in [0.5, 0.6) is 11.5 Å². The molecule has 4 amide bonds. The molecule has 0 radical (unpaired) electrons. The molecule has 7 rings (SSSR count). The molecule has 16 heteroatoms. The summed E-state index contributed by atoms with van der Waals surface area (Å²) in [7, 11) is 1.38. The molecular weight excluding hydrogens is 839 g/mol. The minimum atomic E-state index is -4.74. The van der Waals surface area contributed by atoms with E-state index in [-0.39, 0.29) is 48.5 Å². The molecule has 0 spiro atoms. The lowest BCUT2D eigenvalue weighted by Gasteiger charge is -2.50. The zero-order valence-corrected chi connectivity index (χ0v) is 31.2. The van der Waals surface area contributed by atoms with Crippen LogP contribution in [0.2, 0.25) is 10.0 Å². The van der Waals surface area contributed by atoms with Crippen LogP contribution in [0, 0.1) is 27.2 Å². The van der Waals surface area contributed by atoms with Gasteiger partial charge in [0.15, 0.2) is 17.3 Å². The maximum absolute atomic E-state index is 15.3. The maximum atomic E-state index is 15.3. The summed E-state index contributed by atoms with van der Waals surface area (Å²) in [6.07, 6.45) is -1.54. The lowest BCUT2D eigenvalue weighted by molar-refractivity contribution is -0.141. The van der Waals surface area contributed by atoms with E-state index in [4.69, 9.17) is 27.9 Å². The van der Waals surface area contributed by atoms with Crippen molar-refractivity contribution in [1.82, 2.24) is 14.9 Å². The summed E-state index contributed by atoms with van der Waals surface area (Å²) in [5.74, 6) is -6.69. The molecule has 6 atom stereocenters. The van der Waals surface area contributed by atoms with Crippen LogP contribution in [-0.2, 0) is 30.8 Å². The molecule has 2 aromatic carbocycles. The molecular formula is C36H30Cl2F3IN4O6. The van der Waals surface area contributed by atoms with Crippen LogP contribution < -0.4 is 10.2 Å². The van der Waals surface area contributed by atoms with Gasteiger partial charge in [-0.05, 0) is 89.2 Å². The molecule has 2 saturated heterocycles. The summed E-state index contributed by atoms with van der Waals surface area (Å²) in [4.78, 5) is 62.7. The number of pyridine rings is 1. The number of likely N-dealkylation sites (tertiary alicyclic amines) is 1. The Morgan fingerprint density at radius 3 is 2.40 bits per heavy atom. The number of carbonyl (C=O) groups is 4. The Hall–Kier alpha value is -3.89. The zero-order chi connectivity index (χ0) is 37.4. The van der Waals surface area contributed by atoms with E-state index in [9.17, 15) is 32.7 Å². The number of rotatable bonds is 7. The monoisotopic (exact) mass is 868 g/mol. The summed E-state index contributed by atoms with van der Waals surface area (Å²) in [6, 6.07) is 10.4. The van der Waals surface area contributed by atoms with Gasteiger partial charge in [0.05, 0.1) is 44.4 Å². The number of hydrogen-bond acceptors (Lipinski definition) is 8. The Labute approximate surface area is 319 Å². The second-order valence-corrected chi connectivity index (χ2v) is 15.3.